The van der Waals surface area contributed by atoms with Crippen molar-refractivity contribution in [2.24, 2.45) is 0 Å². The van der Waals surface area contributed by atoms with E-state index in [1.165, 1.54) is 119 Å². The summed E-state index contributed by atoms with van der Waals surface area (Å²) in [6.45, 7) is 4.53. The normalized spacial score (nSPS) is 11.1. The van der Waals surface area contributed by atoms with Gasteiger partial charge in [-0.3, -0.25) is 0 Å². The van der Waals surface area contributed by atoms with Gasteiger partial charge in [-0.2, -0.15) is 0 Å². The van der Waals surface area contributed by atoms with E-state index >= 15 is 0 Å². The summed E-state index contributed by atoms with van der Waals surface area (Å²) in [6.07, 6.45) is 26.3. The summed E-state index contributed by atoms with van der Waals surface area (Å²) in [4.78, 5) is 23.3. The highest BCUT2D eigenvalue weighted by atomic mass is 32.2. The van der Waals surface area contributed by atoms with E-state index in [-0.39, 0.29) is 5.97 Å². The number of carbonyl (C=O) groups is 1. The van der Waals surface area contributed by atoms with Crippen LogP contribution in [0.3, 0.4) is 0 Å². The third-order valence-electron chi connectivity index (χ3n) is 8.92. The number of rotatable bonds is 23. The first-order chi connectivity index (χ1) is 23.7. The molecule has 1 heterocycles. The van der Waals surface area contributed by atoms with Crippen LogP contribution in [0.1, 0.15) is 133 Å². The highest BCUT2D eigenvalue weighted by molar-refractivity contribution is 7.99. The maximum atomic E-state index is 12.9. The number of nitrogens with zero attached hydrogens (tertiary/aromatic N) is 2. The second kappa shape index (κ2) is 22.2. The summed E-state index contributed by atoms with van der Waals surface area (Å²) in [5.74, 6) is 1.98. The Hall–Kier alpha value is -3.44. The molecule has 4 aromatic rings. The van der Waals surface area contributed by atoms with Gasteiger partial charge in [0.05, 0.1) is 5.56 Å². The number of ether oxygens (including phenoxy) is 1. The number of carbonyl (C=O) groups excluding carboxylic acids is 1. The Morgan fingerprint density at radius 3 is 1.60 bits per heavy atom. The van der Waals surface area contributed by atoms with Crippen molar-refractivity contribution in [2.45, 2.75) is 128 Å². The molecular weight excluding hydrogens is 609 g/mol. The summed E-state index contributed by atoms with van der Waals surface area (Å²) in [6, 6.07) is 23.8. The second-order valence-electron chi connectivity index (χ2n) is 13.0. The minimum Gasteiger partial charge on any atom is -0.423 e. The summed E-state index contributed by atoms with van der Waals surface area (Å²) in [7, 11) is 0. The van der Waals surface area contributed by atoms with Gasteiger partial charge in [0.1, 0.15) is 5.75 Å². The van der Waals surface area contributed by atoms with Crippen molar-refractivity contribution < 1.29 is 9.53 Å². The minimum absolute atomic E-state index is 0.372. The molecule has 48 heavy (non-hydrogen) atoms. The van der Waals surface area contributed by atoms with Crippen LogP contribution >= 0.6 is 11.8 Å². The lowest BCUT2D eigenvalue weighted by atomic mass is 10.0. The Bertz CT molecular complexity index is 1430. The quantitative estimate of drug-likeness (QED) is 0.0342. The molecule has 4 nitrogen and oxygen atoms in total. The van der Waals surface area contributed by atoms with Gasteiger partial charge in [-0.25, -0.2) is 14.8 Å². The number of hydrogen-bond acceptors (Lipinski definition) is 5. The fourth-order valence-corrected chi connectivity index (χ4v) is 6.81. The summed E-state index contributed by atoms with van der Waals surface area (Å²) >= 11 is 1.95. The average molecular weight is 665 g/mol. The van der Waals surface area contributed by atoms with Crippen LogP contribution in [-0.4, -0.2) is 21.7 Å². The molecule has 0 saturated carbocycles. The van der Waals surface area contributed by atoms with Crippen LogP contribution < -0.4 is 4.74 Å². The molecule has 0 unspecified atom stereocenters. The molecule has 3 aromatic carbocycles. The molecule has 5 heteroatoms. The van der Waals surface area contributed by atoms with E-state index < -0.39 is 0 Å². The standard InChI is InChI=1S/C43H56N2O2S/c1-3-5-7-9-11-12-13-14-16-18-32-48-41-30-26-37(27-31-41)36-20-22-39(23-21-36)43(46)47-40-28-24-38(25-29-40)42-44-33-35(34-45-42)19-17-15-10-8-6-4-2/h20-31,33-34H,3-19,32H2,1-2H3. The van der Waals surface area contributed by atoms with Gasteiger partial charge in [-0.05, 0) is 90.2 Å². The Kier molecular flexibility index (Phi) is 17.3. The molecule has 0 N–H and O–H groups in total. The van der Waals surface area contributed by atoms with Crippen molar-refractivity contribution in [3.8, 4) is 28.3 Å². The Morgan fingerprint density at radius 1 is 0.562 bits per heavy atom. The minimum atomic E-state index is -0.372. The van der Waals surface area contributed by atoms with E-state index in [1.54, 1.807) is 12.1 Å². The summed E-state index contributed by atoms with van der Waals surface area (Å²) in [5.41, 5.74) is 4.83. The third-order valence-corrected chi connectivity index (χ3v) is 10.0. The first-order valence-corrected chi connectivity index (χ1v) is 19.6. The number of unbranched alkanes of at least 4 members (excludes halogenated alkanes) is 14. The molecule has 0 spiro atoms. The monoisotopic (exact) mass is 664 g/mol. The maximum Gasteiger partial charge on any atom is 0.343 e. The average Bonchev–Trinajstić information content (AvgIpc) is 3.13. The smallest absolute Gasteiger partial charge is 0.343 e. The molecule has 0 amide bonds. The number of aryl methyl sites for hydroxylation is 1. The zero-order chi connectivity index (χ0) is 33.7. The van der Waals surface area contributed by atoms with Crippen molar-refractivity contribution >= 4 is 17.7 Å². The Morgan fingerprint density at radius 2 is 1.04 bits per heavy atom. The lowest BCUT2D eigenvalue weighted by Crippen LogP contribution is -2.08. The number of benzene rings is 3. The van der Waals surface area contributed by atoms with Gasteiger partial charge in [-0.1, -0.05) is 128 Å². The second-order valence-corrected chi connectivity index (χ2v) is 14.1. The Balaban J connectivity index is 1.15. The van der Waals surface area contributed by atoms with E-state index in [2.05, 4.69) is 48.1 Å². The number of hydrogen-bond donors (Lipinski definition) is 0. The van der Waals surface area contributed by atoms with Gasteiger partial charge in [-0.15, -0.1) is 11.8 Å². The van der Waals surface area contributed by atoms with Crippen LogP contribution in [0.15, 0.2) is 90.1 Å². The van der Waals surface area contributed by atoms with Crippen molar-refractivity contribution in [3.63, 3.8) is 0 Å². The predicted octanol–water partition coefficient (Wildman–Crippen LogP) is 12.9. The van der Waals surface area contributed by atoms with Crippen molar-refractivity contribution in [2.75, 3.05) is 5.75 Å². The van der Waals surface area contributed by atoms with Gasteiger partial charge >= 0.3 is 5.97 Å². The van der Waals surface area contributed by atoms with Crippen LogP contribution in [0.25, 0.3) is 22.5 Å². The van der Waals surface area contributed by atoms with Gasteiger partial charge in [0, 0.05) is 22.9 Å². The summed E-state index contributed by atoms with van der Waals surface area (Å²) < 4.78 is 5.66. The molecule has 0 atom stereocenters. The molecule has 0 aliphatic carbocycles. The van der Waals surface area contributed by atoms with E-state index in [1.807, 2.05) is 60.6 Å². The SMILES string of the molecule is CCCCCCCCCCCCSc1ccc(-c2ccc(C(=O)Oc3ccc(-c4ncc(CCCCCCCC)cn4)cc3)cc2)cc1. The van der Waals surface area contributed by atoms with E-state index in [4.69, 9.17) is 4.74 Å². The molecule has 0 aliphatic rings. The molecule has 0 aliphatic heterocycles. The molecule has 0 saturated heterocycles. The Labute approximate surface area is 294 Å². The van der Waals surface area contributed by atoms with Gasteiger partial charge < -0.3 is 4.74 Å². The van der Waals surface area contributed by atoms with Gasteiger partial charge in [0.15, 0.2) is 5.82 Å². The van der Waals surface area contributed by atoms with E-state index in [0.717, 1.165) is 23.1 Å². The van der Waals surface area contributed by atoms with Crippen LogP contribution in [0, 0.1) is 0 Å². The summed E-state index contributed by atoms with van der Waals surface area (Å²) in [5, 5.41) is 0. The third kappa shape index (κ3) is 13.6. The fourth-order valence-electron chi connectivity index (χ4n) is 5.90. The van der Waals surface area contributed by atoms with Gasteiger partial charge in [0.25, 0.3) is 0 Å². The van der Waals surface area contributed by atoms with Crippen molar-refractivity contribution in [1.82, 2.24) is 9.97 Å². The first kappa shape index (κ1) is 37.4. The maximum absolute atomic E-state index is 12.9. The van der Waals surface area contributed by atoms with Crippen LogP contribution in [0.4, 0.5) is 0 Å². The first-order valence-electron chi connectivity index (χ1n) is 18.6. The molecule has 0 fully saturated rings. The number of aromatic nitrogens is 2. The molecule has 4 rings (SSSR count). The van der Waals surface area contributed by atoms with Crippen molar-refractivity contribution in [1.29, 1.82) is 0 Å². The molecular formula is C43H56N2O2S. The number of esters is 1. The van der Waals surface area contributed by atoms with Crippen molar-refractivity contribution in [3.05, 3.63) is 96.3 Å². The largest absolute Gasteiger partial charge is 0.423 e. The molecule has 256 valence electrons. The lowest BCUT2D eigenvalue weighted by molar-refractivity contribution is 0.0735. The zero-order valence-corrected chi connectivity index (χ0v) is 30.2. The lowest BCUT2D eigenvalue weighted by Gasteiger charge is -2.08. The highest BCUT2D eigenvalue weighted by Gasteiger charge is 2.10. The van der Waals surface area contributed by atoms with Gasteiger partial charge in [0.2, 0.25) is 0 Å². The van der Waals surface area contributed by atoms with E-state index in [9.17, 15) is 4.79 Å². The van der Waals surface area contributed by atoms with E-state index in [0.29, 0.717) is 17.1 Å². The number of thioether (sulfide) groups is 1. The topological polar surface area (TPSA) is 52.1 Å². The van der Waals surface area contributed by atoms with Crippen LogP contribution in [0.2, 0.25) is 0 Å². The van der Waals surface area contributed by atoms with Crippen LogP contribution in [0.5, 0.6) is 5.75 Å². The molecule has 0 bridgehead atoms. The zero-order valence-electron chi connectivity index (χ0n) is 29.4. The highest BCUT2D eigenvalue weighted by Crippen LogP contribution is 2.26. The fraction of sp³-hybridized carbons (Fsp3) is 0.465. The van der Waals surface area contributed by atoms with Crippen LogP contribution in [-0.2, 0) is 6.42 Å². The molecule has 0 radical (unpaired) electrons. The predicted molar refractivity (Wildman–Crippen MR) is 204 cm³/mol. The molecule has 1 aromatic heterocycles.